The van der Waals surface area contributed by atoms with Crippen LogP contribution >= 0.6 is 0 Å². The number of benzene rings is 7. The Morgan fingerprint density at radius 3 is 1.10 bits per heavy atom. The predicted molar refractivity (Wildman–Crippen MR) is 304 cm³/mol. The third kappa shape index (κ3) is 13.3. The van der Waals surface area contributed by atoms with Gasteiger partial charge in [0.2, 0.25) is 0 Å². The van der Waals surface area contributed by atoms with Crippen LogP contribution in [0, 0.1) is 5.92 Å². The summed E-state index contributed by atoms with van der Waals surface area (Å²) in [4.78, 5) is 0. The summed E-state index contributed by atoms with van der Waals surface area (Å²) in [5.41, 5.74) is 5.17. The fraction of sp³-hybridized carbons (Fsp3) is 0.343. The van der Waals surface area contributed by atoms with Crippen LogP contribution in [0.3, 0.4) is 0 Å². The summed E-state index contributed by atoms with van der Waals surface area (Å²) in [5, 5.41) is 2.13. The van der Waals surface area contributed by atoms with Gasteiger partial charge in [0.1, 0.15) is 36.6 Å². The van der Waals surface area contributed by atoms with Gasteiger partial charge in [-0.25, -0.2) is 0 Å². The van der Waals surface area contributed by atoms with Crippen molar-refractivity contribution in [3.63, 3.8) is 0 Å². The third-order valence-electron chi connectivity index (χ3n) is 15.1. The number of hydrogen-bond acceptors (Lipinski definition) is 9. The number of hydrogen-bond donors (Lipinski definition) is 0. The van der Waals surface area contributed by atoms with Crippen LogP contribution in [-0.2, 0) is 75.4 Å². The van der Waals surface area contributed by atoms with Crippen molar-refractivity contribution in [2.45, 2.75) is 134 Å². The molecule has 9 atom stereocenters. The van der Waals surface area contributed by atoms with Crippen LogP contribution in [0.15, 0.2) is 224 Å². The maximum Gasteiger partial charge on any atom is 0.261 e. The number of allylic oxidation sites excluding steroid dienone is 1. The van der Waals surface area contributed by atoms with E-state index >= 15 is 0 Å². The second-order valence-electron chi connectivity index (χ2n) is 22.0. The van der Waals surface area contributed by atoms with Crippen LogP contribution in [-0.4, -0.2) is 69.5 Å². The van der Waals surface area contributed by atoms with Crippen molar-refractivity contribution in [2.75, 3.05) is 6.61 Å². The largest absolute Gasteiger partial charge is 0.490 e. The van der Waals surface area contributed by atoms with Crippen LogP contribution in [0.4, 0.5) is 0 Å². The smallest absolute Gasteiger partial charge is 0.261 e. The van der Waals surface area contributed by atoms with Gasteiger partial charge in [-0.1, -0.05) is 233 Å². The summed E-state index contributed by atoms with van der Waals surface area (Å²) in [6.07, 6.45) is -2.00. The molecule has 2 aliphatic heterocycles. The third-order valence-corrected chi connectivity index (χ3v) is 20.1. The van der Waals surface area contributed by atoms with E-state index in [1.807, 2.05) is 105 Å². The van der Waals surface area contributed by atoms with E-state index in [-0.39, 0.29) is 11.6 Å². The monoisotopic (exact) mass is 1050 g/mol. The second kappa shape index (κ2) is 25.2. The normalized spacial score (nSPS) is 24.1. The zero-order valence-corrected chi connectivity index (χ0v) is 46.1. The maximum absolute atomic E-state index is 7.64. The fourth-order valence-electron chi connectivity index (χ4n) is 11.5. The van der Waals surface area contributed by atoms with Gasteiger partial charge in [0, 0.05) is 12.3 Å². The summed E-state index contributed by atoms with van der Waals surface area (Å²) in [7, 11) is -3.00. The minimum atomic E-state index is -3.00. The molecule has 2 fully saturated rings. The fourth-order valence-corrected chi connectivity index (χ4v) is 16.0. The number of fused-ring (bicyclic) bond motifs is 1. The molecule has 1 saturated carbocycles. The lowest BCUT2D eigenvalue weighted by Gasteiger charge is -2.50. The maximum atomic E-state index is 7.64. The van der Waals surface area contributed by atoms with Crippen molar-refractivity contribution in [3.05, 3.63) is 252 Å². The zero-order chi connectivity index (χ0) is 53.1. The Labute approximate surface area is 457 Å². The highest BCUT2D eigenvalue weighted by Gasteiger charge is 2.57. The Balaban J connectivity index is 1.07. The van der Waals surface area contributed by atoms with Gasteiger partial charge >= 0.3 is 0 Å². The molecule has 10 heteroatoms. The van der Waals surface area contributed by atoms with Gasteiger partial charge in [-0.15, -0.1) is 0 Å². The quantitative estimate of drug-likeness (QED) is 0.0616. The SMILES string of the molecule is CC1(C)O[C@H]2[C@H](C=C(CC3[C@@H](OCc4ccccc4)[C@H](OCc4ccccc4)C(OCc4ccccc4)[C@@H](OCc4ccccc4)[C@H]3OCc3ccccc3)O[C@@H]2CO[Si](c2ccccc2)(c2ccccc2)C(C)(C)C)O1. The van der Waals surface area contributed by atoms with E-state index < -0.39 is 68.9 Å². The predicted octanol–water partition coefficient (Wildman–Crippen LogP) is 12.3. The average molecular weight is 1050 g/mol. The van der Waals surface area contributed by atoms with Crippen LogP contribution < -0.4 is 10.4 Å². The molecule has 7 aromatic carbocycles. The summed E-state index contributed by atoms with van der Waals surface area (Å²) >= 11 is 0. The van der Waals surface area contributed by atoms with E-state index in [0.717, 1.165) is 33.6 Å². The Hall–Kier alpha value is -6.02. The van der Waals surface area contributed by atoms with Gasteiger partial charge in [0.25, 0.3) is 8.32 Å². The van der Waals surface area contributed by atoms with Gasteiger partial charge in [-0.2, -0.15) is 0 Å². The Morgan fingerprint density at radius 2 is 0.753 bits per heavy atom. The average Bonchev–Trinajstić information content (AvgIpc) is 3.79. The lowest BCUT2D eigenvalue weighted by molar-refractivity contribution is -0.271. The zero-order valence-electron chi connectivity index (χ0n) is 45.1. The van der Waals surface area contributed by atoms with Crippen molar-refractivity contribution in [1.82, 2.24) is 0 Å². The number of ether oxygens (including phenoxy) is 8. The van der Waals surface area contributed by atoms with Gasteiger partial charge in [-0.05, 0) is 63.2 Å². The molecule has 0 N–H and O–H groups in total. The van der Waals surface area contributed by atoms with Crippen molar-refractivity contribution >= 4 is 18.7 Å². The number of rotatable bonds is 22. The van der Waals surface area contributed by atoms with Gasteiger partial charge in [0.15, 0.2) is 5.79 Å². The molecule has 9 nitrogen and oxygen atoms in total. The van der Waals surface area contributed by atoms with Crippen molar-refractivity contribution < 1.29 is 42.3 Å². The topological polar surface area (TPSA) is 83.1 Å². The Morgan fingerprint density at radius 1 is 0.429 bits per heavy atom. The first kappa shape index (κ1) is 54.3. The highest BCUT2D eigenvalue weighted by Crippen LogP contribution is 2.45. The van der Waals surface area contributed by atoms with E-state index in [9.17, 15) is 0 Å². The van der Waals surface area contributed by atoms with E-state index in [1.54, 1.807) is 0 Å². The van der Waals surface area contributed by atoms with E-state index in [0.29, 0.717) is 39.5 Å². The molecule has 0 spiro atoms. The first-order chi connectivity index (χ1) is 37.5. The molecule has 0 radical (unpaired) electrons. The molecule has 2 unspecified atom stereocenters. The van der Waals surface area contributed by atoms with Gasteiger partial charge in [-0.3, -0.25) is 0 Å². The molecule has 77 heavy (non-hydrogen) atoms. The first-order valence-corrected chi connectivity index (χ1v) is 29.2. The Bertz CT molecular complexity index is 2750. The van der Waals surface area contributed by atoms with Crippen molar-refractivity contribution in [2.24, 2.45) is 5.92 Å². The van der Waals surface area contributed by atoms with Crippen LogP contribution in [0.1, 0.15) is 68.9 Å². The van der Waals surface area contributed by atoms with Crippen LogP contribution in [0.25, 0.3) is 0 Å². The second-order valence-corrected chi connectivity index (χ2v) is 26.3. The van der Waals surface area contributed by atoms with Crippen molar-refractivity contribution in [3.8, 4) is 0 Å². The standard InChI is InChI=1S/C67H74O9Si/c1-66(2,3)77(55-37-23-11-24-38-55,56-39-25-12-26-40-56)73-48-59-62-58(75-67(4,5)76-62)42-54(74-59)41-57-60(68-43-49-27-13-6-14-28-49)63(70-45-51-31-17-8-18-32-51)65(72-47-53-35-21-10-22-36-53)64(71-46-52-33-19-9-20-34-52)61(57)69-44-50-29-15-7-16-30-50/h6-40,42,57-65H,41,43-48H2,1-5H3/t57?,58-,59+,60-,61+,62-,63-,64-,65?/m0/s1. The molecule has 400 valence electrons. The van der Waals surface area contributed by atoms with Gasteiger partial charge < -0.3 is 42.3 Å². The molecular weight excluding hydrogens is 977 g/mol. The molecule has 1 saturated heterocycles. The molecule has 3 aliphatic rings. The molecule has 2 heterocycles. The minimum Gasteiger partial charge on any atom is -0.490 e. The molecule has 0 amide bonds. The minimum absolute atomic E-state index is 0.258. The van der Waals surface area contributed by atoms with Crippen LogP contribution in [0.5, 0.6) is 0 Å². The van der Waals surface area contributed by atoms with E-state index in [1.165, 1.54) is 10.4 Å². The molecular formula is C67H74O9Si. The first-order valence-electron chi connectivity index (χ1n) is 27.3. The highest BCUT2D eigenvalue weighted by atomic mass is 28.4. The summed E-state index contributed by atoms with van der Waals surface area (Å²) in [6.45, 7) is 12.7. The Kier molecular flexibility index (Phi) is 17.8. The molecule has 7 aromatic rings. The molecule has 0 aromatic heterocycles. The van der Waals surface area contributed by atoms with Gasteiger partial charge in [0.05, 0.1) is 57.6 Å². The van der Waals surface area contributed by atoms with Crippen LogP contribution in [0.2, 0.25) is 5.04 Å². The highest BCUT2D eigenvalue weighted by molar-refractivity contribution is 6.99. The van der Waals surface area contributed by atoms with E-state index in [2.05, 4.69) is 148 Å². The summed E-state index contributed by atoms with van der Waals surface area (Å²) < 4.78 is 65.2. The van der Waals surface area contributed by atoms with E-state index in [4.69, 9.17) is 42.3 Å². The lowest BCUT2D eigenvalue weighted by Crippen LogP contribution is -2.67. The molecule has 10 rings (SSSR count). The molecule has 1 aliphatic carbocycles. The van der Waals surface area contributed by atoms with Crippen molar-refractivity contribution in [1.29, 1.82) is 0 Å². The summed E-state index contributed by atoms with van der Waals surface area (Å²) in [5.74, 6) is -0.538. The lowest BCUT2D eigenvalue weighted by atomic mass is 9.75. The summed E-state index contributed by atoms with van der Waals surface area (Å²) in [6, 6.07) is 72.9. The molecule has 0 bridgehead atoms.